The number of hydrogen-bond acceptors (Lipinski definition) is 5. The van der Waals surface area contributed by atoms with E-state index in [1.165, 1.54) is 0 Å². The number of aromatic nitrogens is 3. The molecule has 1 aliphatic rings. The second-order valence-corrected chi connectivity index (χ2v) is 8.11. The molecule has 1 saturated carbocycles. The van der Waals surface area contributed by atoms with Crippen molar-refractivity contribution in [2.45, 2.75) is 51.5 Å². The highest BCUT2D eigenvalue weighted by Gasteiger charge is 2.27. The van der Waals surface area contributed by atoms with E-state index >= 15 is 0 Å². The van der Waals surface area contributed by atoms with Gasteiger partial charge in [0, 0.05) is 19.0 Å². The maximum Gasteiger partial charge on any atom is 0.219 e. The number of amides is 1. The van der Waals surface area contributed by atoms with E-state index < -0.39 is 0 Å². The zero-order chi connectivity index (χ0) is 18.8. The highest BCUT2D eigenvalue weighted by Crippen LogP contribution is 2.38. The van der Waals surface area contributed by atoms with Crippen LogP contribution in [-0.4, -0.2) is 27.0 Å². The minimum atomic E-state index is 0.127. The Hall–Kier alpha value is -2.46. The summed E-state index contributed by atoms with van der Waals surface area (Å²) in [6, 6.07) is 4.65. The molecule has 0 aromatic carbocycles. The molecule has 3 aromatic heterocycles. The lowest BCUT2D eigenvalue weighted by molar-refractivity contribution is -0.121. The van der Waals surface area contributed by atoms with Crippen LogP contribution >= 0.6 is 11.3 Å². The van der Waals surface area contributed by atoms with Crippen LogP contribution in [0.15, 0.2) is 17.6 Å². The Balaban J connectivity index is 1.61. The van der Waals surface area contributed by atoms with Crippen molar-refractivity contribution in [1.82, 2.24) is 19.9 Å². The molecule has 3 heterocycles. The van der Waals surface area contributed by atoms with Gasteiger partial charge >= 0.3 is 0 Å². The van der Waals surface area contributed by atoms with Gasteiger partial charge in [-0.2, -0.15) is 5.26 Å². The normalized spacial score (nSPS) is 20.0. The first-order chi connectivity index (χ1) is 13.2. The number of carbonyl (C=O) groups excluding carboxylic acids is 1. The van der Waals surface area contributed by atoms with Crippen LogP contribution in [0.4, 0.5) is 0 Å². The zero-order valence-corrected chi connectivity index (χ0v) is 16.3. The molecule has 0 saturated heterocycles. The number of hydrogen-bond donors (Lipinski definition) is 1. The molecular formula is C20H23N5OS. The minimum Gasteiger partial charge on any atom is -0.356 e. The van der Waals surface area contributed by atoms with Crippen molar-refractivity contribution >= 4 is 38.5 Å². The number of nitrogens with zero attached hydrogens (tertiary/aromatic N) is 4. The maximum atomic E-state index is 11.5. The Morgan fingerprint density at radius 2 is 2.19 bits per heavy atom. The third-order valence-corrected chi connectivity index (χ3v) is 6.43. The fourth-order valence-electron chi connectivity index (χ4n) is 4.11. The van der Waals surface area contributed by atoms with Crippen LogP contribution in [0.2, 0.25) is 0 Å². The third kappa shape index (κ3) is 3.42. The van der Waals surface area contributed by atoms with Crippen LogP contribution in [0.1, 0.15) is 50.9 Å². The molecule has 4 rings (SSSR count). The monoisotopic (exact) mass is 381 g/mol. The number of imidazole rings is 1. The SMILES string of the molecule is CCC(=O)NCC1CCC(n2c(CC#N)nc3cnc4ccsc4c32)CC1. The quantitative estimate of drug-likeness (QED) is 0.725. The number of carbonyl (C=O) groups is 1. The summed E-state index contributed by atoms with van der Waals surface area (Å²) in [5.74, 6) is 1.51. The topological polar surface area (TPSA) is 83.6 Å². The lowest BCUT2D eigenvalue weighted by atomic mass is 9.85. The molecule has 1 aliphatic carbocycles. The summed E-state index contributed by atoms with van der Waals surface area (Å²) in [5.41, 5.74) is 3.00. The zero-order valence-electron chi connectivity index (χ0n) is 15.4. The van der Waals surface area contributed by atoms with Crippen molar-refractivity contribution in [2.24, 2.45) is 5.92 Å². The van der Waals surface area contributed by atoms with E-state index in [1.807, 2.05) is 19.2 Å². The van der Waals surface area contributed by atoms with Crippen LogP contribution in [0, 0.1) is 17.2 Å². The molecule has 0 atom stereocenters. The van der Waals surface area contributed by atoms with Crippen LogP contribution < -0.4 is 5.32 Å². The number of pyridine rings is 1. The predicted molar refractivity (Wildman–Crippen MR) is 107 cm³/mol. The molecule has 3 aromatic rings. The van der Waals surface area contributed by atoms with Crippen molar-refractivity contribution in [3.63, 3.8) is 0 Å². The Morgan fingerprint density at radius 1 is 1.37 bits per heavy atom. The van der Waals surface area contributed by atoms with E-state index in [-0.39, 0.29) is 5.91 Å². The summed E-state index contributed by atoms with van der Waals surface area (Å²) in [5, 5.41) is 14.4. The van der Waals surface area contributed by atoms with E-state index in [0.717, 1.165) is 59.3 Å². The smallest absolute Gasteiger partial charge is 0.219 e. The fourth-order valence-corrected chi connectivity index (χ4v) is 4.99. The first-order valence-corrected chi connectivity index (χ1v) is 10.5. The number of nitriles is 1. The van der Waals surface area contributed by atoms with Crippen molar-refractivity contribution in [3.05, 3.63) is 23.5 Å². The fraction of sp³-hybridized carbons (Fsp3) is 0.500. The highest BCUT2D eigenvalue weighted by atomic mass is 32.1. The molecule has 1 amide bonds. The lowest BCUT2D eigenvalue weighted by Gasteiger charge is -2.30. The van der Waals surface area contributed by atoms with Crippen LogP contribution in [0.3, 0.4) is 0 Å². The minimum absolute atomic E-state index is 0.127. The van der Waals surface area contributed by atoms with Gasteiger partial charge in [0.2, 0.25) is 5.91 Å². The molecule has 1 N–H and O–H groups in total. The first kappa shape index (κ1) is 17.9. The van der Waals surface area contributed by atoms with Gasteiger partial charge in [-0.1, -0.05) is 6.92 Å². The molecule has 0 unspecified atom stereocenters. The first-order valence-electron chi connectivity index (χ1n) is 9.58. The third-order valence-electron chi connectivity index (χ3n) is 5.52. The maximum absolute atomic E-state index is 11.5. The standard InChI is InChI=1S/C20H23N5OS/c1-2-18(26)23-11-13-3-5-14(6-4-13)25-17(7-9-21)24-16-12-22-15-8-10-27-20(15)19(16)25/h8,10,12-14H,2-7,11H2,1H3,(H,23,26). The Kier molecular flexibility index (Phi) is 5.08. The van der Waals surface area contributed by atoms with Gasteiger partial charge in [0.25, 0.3) is 0 Å². The summed E-state index contributed by atoms with van der Waals surface area (Å²) in [6.07, 6.45) is 6.94. The summed E-state index contributed by atoms with van der Waals surface area (Å²) in [7, 11) is 0. The molecule has 0 aliphatic heterocycles. The predicted octanol–water partition coefficient (Wildman–Crippen LogP) is 3.97. The Bertz CT molecular complexity index is 1010. The molecule has 0 radical (unpaired) electrons. The average Bonchev–Trinajstić information content (AvgIpc) is 3.30. The Morgan fingerprint density at radius 3 is 2.93 bits per heavy atom. The number of rotatable bonds is 5. The molecule has 1 fully saturated rings. The van der Waals surface area contributed by atoms with Gasteiger partial charge in [-0.25, -0.2) is 4.98 Å². The molecule has 0 bridgehead atoms. The largest absolute Gasteiger partial charge is 0.356 e. The average molecular weight is 382 g/mol. The van der Waals surface area contributed by atoms with Gasteiger partial charge in [0.1, 0.15) is 11.3 Å². The van der Waals surface area contributed by atoms with E-state index in [9.17, 15) is 10.1 Å². The van der Waals surface area contributed by atoms with Crippen molar-refractivity contribution < 1.29 is 4.79 Å². The molecule has 140 valence electrons. The van der Waals surface area contributed by atoms with Crippen LogP contribution in [-0.2, 0) is 11.2 Å². The van der Waals surface area contributed by atoms with Crippen molar-refractivity contribution in [1.29, 1.82) is 5.26 Å². The molecule has 27 heavy (non-hydrogen) atoms. The number of thiophene rings is 1. The van der Waals surface area contributed by atoms with Crippen molar-refractivity contribution in [2.75, 3.05) is 6.54 Å². The Labute approximate surface area is 162 Å². The van der Waals surface area contributed by atoms with Gasteiger partial charge in [-0.15, -0.1) is 11.3 Å². The van der Waals surface area contributed by atoms with Gasteiger partial charge in [-0.05, 0) is 43.0 Å². The van der Waals surface area contributed by atoms with Gasteiger partial charge in [0.05, 0.1) is 34.4 Å². The molecule has 7 heteroatoms. The van der Waals surface area contributed by atoms with E-state index in [4.69, 9.17) is 4.98 Å². The molecular weight excluding hydrogens is 358 g/mol. The van der Waals surface area contributed by atoms with Crippen LogP contribution in [0.25, 0.3) is 21.3 Å². The second-order valence-electron chi connectivity index (χ2n) is 7.19. The highest BCUT2D eigenvalue weighted by molar-refractivity contribution is 7.18. The van der Waals surface area contributed by atoms with Gasteiger partial charge in [-0.3, -0.25) is 9.78 Å². The van der Waals surface area contributed by atoms with E-state index in [1.54, 1.807) is 11.3 Å². The molecule has 6 nitrogen and oxygen atoms in total. The van der Waals surface area contributed by atoms with E-state index in [0.29, 0.717) is 24.8 Å². The number of nitrogens with one attached hydrogen (secondary N) is 1. The van der Waals surface area contributed by atoms with Gasteiger partial charge < -0.3 is 9.88 Å². The summed E-state index contributed by atoms with van der Waals surface area (Å²) < 4.78 is 3.46. The van der Waals surface area contributed by atoms with Crippen molar-refractivity contribution in [3.8, 4) is 6.07 Å². The van der Waals surface area contributed by atoms with Crippen LogP contribution in [0.5, 0.6) is 0 Å². The summed E-state index contributed by atoms with van der Waals surface area (Å²) in [4.78, 5) is 20.7. The summed E-state index contributed by atoms with van der Waals surface area (Å²) >= 11 is 1.69. The lowest BCUT2D eigenvalue weighted by Crippen LogP contribution is -2.31. The number of fused-ring (bicyclic) bond motifs is 3. The van der Waals surface area contributed by atoms with Gasteiger partial charge in [0.15, 0.2) is 0 Å². The summed E-state index contributed by atoms with van der Waals surface area (Å²) in [6.45, 7) is 2.65. The second kappa shape index (κ2) is 7.65. The van der Waals surface area contributed by atoms with E-state index in [2.05, 4.69) is 26.3 Å². The molecule has 0 spiro atoms.